The number of carboxylic acid groups (broad SMARTS) is 1. The molecule has 1 aromatic rings. The molecule has 116 valence electrons. The maximum Gasteiger partial charge on any atom is 0.308 e. The average Bonchev–Trinajstić information content (AvgIpc) is 2.38. The van der Waals surface area contributed by atoms with Crippen molar-refractivity contribution in [1.29, 1.82) is 0 Å². The zero-order valence-corrected chi connectivity index (χ0v) is 12.0. The van der Waals surface area contributed by atoms with Crippen molar-refractivity contribution in [3.8, 4) is 0 Å². The molecule has 4 nitrogen and oxygen atoms in total. The van der Waals surface area contributed by atoms with Crippen LogP contribution in [0, 0.1) is 23.5 Å². The van der Waals surface area contributed by atoms with Gasteiger partial charge in [0.1, 0.15) is 11.6 Å². The first-order valence-electron chi connectivity index (χ1n) is 6.73. The third kappa shape index (κ3) is 5.89. The Morgan fingerprint density at radius 3 is 2.52 bits per heavy atom. The lowest BCUT2D eigenvalue weighted by Crippen LogP contribution is -2.34. The minimum absolute atomic E-state index is 0.0245. The Morgan fingerprint density at radius 2 is 1.95 bits per heavy atom. The van der Waals surface area contributed by atoms with Crippen molar-refractivity contribution in [2.24, 2.45) is 11.8 Å². The highest BCUT2D eigenvalue weighted by Gasteiger charge is 2.20. The maximum atomic E-state index is 13.4. The van der Waals surface area contributed by atoms with E-state index in [0.717, 1.165) is 18.2 Å². The summed E-state index contributed by atoms with van der Waals surface area (Å²) in [6, 6.07) is 2.88. The van der Waals surface area contributed by atoms with E-state index in [2.05, 4.69) is 5.32 Å². The summed E-state index contributed by atoms with van der Waals surface area (Å²) in [5, 5.41) is 11.5. The number of aliphatic carboxylic acids is 1. The van der Waals surface area contributed by atoms with Gasteiger partial charge in [0.15, 0.2) is 0 Å². The smallest absolute Gasteiger partial charge is 0.308 e. The van der Waals surface area contributed by atoms with Crippen molar-refractivity contribution in [3.63, 3.8) is 0 Å². The Bertz CT molecular complexity index is 518. The molecule has 0 aromatic heterocycles. The number of halogens is 2. The SMILES string of the molecule is CC(C)C[C@H](CNC(=O)Cc1cc(F)ccc1F)C(=O)O. The molecule has 1 aromatic carbocycles. The van der Waals surface area contributed by atoms with Gasteiger partial charge in [-0.25, -0.2) is 8.78 Å². The molecular weight excluding hydrogens is 280 g/mol. The summed E-state index contributed by atoms with van der Waals surface area (Å²) < 4.78 is 26.4. The van der Waals surface area contributed by atoms with Crippen molar-refractivity contribution >= 4 is 11.9 Å². The highest BCUT2D eigenvalue weighted by atomic mass is 19.1. The molecule has 0 aliphatic rings. The number of carboxylic acids is 1. The molecule has 0 fully saturated rings. The molecule has 21 heavy (non-hydrogen) atoms. The lowest BCUT2D eigenvalue weighted by atomic mass is 9.97. The topological polar surface area (TPSA) is 66.4 Å². The molecule has 0 saturated carbocycles. The van der Waals surface area contributed by atoms with Crippen molar-refractivity contribution in [1.82, 2.24) is 5.32 Å². The van der Waals surface area contributed by atoms with Gasteiger partial charge in [-0.2, -0.15) is 0 Å². The zero-order chi connectivity index (χ0) is 16.0. The normalized spacial score (nSPS) is 12.2. The second-order valence-corrected chi connectivity index (χ2v) is 5.38. The van der Waals surface area contributed by atoms with E-state index in [4.69, 9.17) is 5.11 Å². The fraction of sp³-hybridized carbons (Fsp3) is 0.467. The molecule has 0 aliphatic carbocycles. The van der Waals surface area contributed by atoms with Gasteiger partial charge in [0.2, 0.25) is 5.91 Å². The molecule has 0 bridgehead atoms. The Morgan fingerprint density at radius 1 is 1.29 bits per heavy atom. The first-order valence-corrected chi connectivity index (χ1v) is 6.73. The fourth-order valence-electron chi connectivity index (χ4n) is 1.99. The van der Waals surface area contributed by atoms with Crippen LogP contribution in [0.4, 0.5) is 8.78 Å². The predicted molar refractivity (Wildman–Crippen MR) is 73.7 cm³/mol. The van der Waals surface area contributed by atoms with Crippen LogP contribution in [0.5, 0.6) is 0 Å². The summed E-state index contributed by atoms with van der Waals surface area (Å²) >= 11 is 0. The van der Waals surface area contributed by atoms with Crippen LogP contribution in [0.2, 0.25) is 0 Å². The summed E-state index contributed by atoms with van der Waals surface area (Å²) in [5.74, 6) is -3.31. The molecular formula is C15H19F2NO3. The van der Waals surface area contributed by atoms with Gasteiger partial charge in [0, 0.05) is 12.1 Å². The molecule has 1 amide bonds. The van der Waals surface area contributed by atoms with Crippen molar-refractivity contribution < 1.29 is 23.5 Å². The van der Waals surface area contributed by atoms with Crippen LogP contribution >= 0.6 is 0 Å². The van der Waals surface area contributed by atoms with Crippen LogP contribution < -0.4 is 5.32 Å². The first kappa shape index (κ1) is 17.1. The molecule has 0 unspecified atom stereocenters. The zero-order valence-electron chi connectivity index (χ0n) is 12.0. The highest BCUT2D eigenvalue weighted by molar-refractivity contribution is 5.79. The van der Waals surface area contributed by atoms with Gasteiger partial charge in [-0.3, -0.25) is 9.59 Å². The van der Waals surface area contributed by atoms with Crippen LogP contribution in [0.3, 0.4) is 0 Å². The number of hydrogen-bond acceptors (Lipinski definition) is 2. The van der Waals surface area contributed by atoms with Crippen molar-refractivity contribution in [2.75, 3.05) is 6.54 Å². The number of hydrogen-bond donors (Lipinski definition) is 2. The predicted octanol–water partition coefficient (Wildman–Crippen LogP) is 2.37. The molecule has 1 atom stereocenters. The van der Waals surface area contributed by atoms with Crippen molar-refractivity contribution in [2.45, 2.75) is 26.7 Å². The lowest BCUT2D eigenvalue weighted by Gasteiger charge is -2.15. The average molecular weight is 299 g/mol. The lowest BCUT2D eigenvalue weighted by molar-refractivity contribution is -0.142. The molecule has 2 N–H and O–H groups in total. The Labute approximate surface area is 122 Å². The van der Waals surface area contributed by atoms with E-state index in [1.165, 1.54) is 0 Å². The molecule has 0 heterocycles. The highest BCUT2D eigenvalue weighted by Crippen LogP contribution is 2.12. The Hall–Kier alpha value is -1.98. The third-order valence-corrected chi connectivity index (χ3v) is 3.01. The molecule has 0 radical (unpaired) electrons. The van der Waals surface area contributed by atoms with E-state index in [0.29, 0.717) is 6.42 Å². The molecule has 0 aliphatic heterocycles. The molecule has 0 spiro atoms. The molecule has 1 rings (SSSR count). The number of carbonyl (C=O) groups excluding carboxylic acids is 1. The standard InChI is InChI=1S/C15H19F2NO3/c1-9(2)5-11(15(20)21)8-18-14(19)7-10-6-12(16)3-4-13(10)17/h3-4,6,9,11H,5,7-8H2,1-2H3,(H,18,19)(H,20,21)/t11-/m1/s1. The van der Waals surface area contributed by atoms with Gasteiger partial charge in [-0.05, 0) is 30.5 Å². The quantitative estimate of drug-likeness (QED) is 0.812. The minimum Gasteiger partial charge on any atom is -0.481 e. The van der Waals surface area contributed by atoms with E-state index in [9.17, 15) is 18.4 Å². The Kier molecular flexibility index (Phi) is 6.27. The summed E-state index contributed by atoms with van der Waals surface area (Å²) in [6.07, 6.45) is 0.113. The maximum absolute atomic E-state index is 13.4. The van der Waals surface area contributed by atoms with Gasteiger partial charge in [0.25, 0.3) is 0 Å². The monoisotopic (exact) mass is 299 g/mol. The largest absolute Gasteiger partial charge is 0.481 e. The van der Waals surface area contributed by atoms with Crippen molar-refractivity contribution in [3.05, 3.63) is 35.4 Å². The number of nitrogens with one attached hydrogen (secondary N) is 1. The second kappa shape index (κ2) is 7.71. The van der Waals surface area contributed by atoms with Gasteiger partial charge < -0.3 is 10.4 Å². The van der Waals surface area contributed by atoms with Gasteiger partial charge in [-0.15, -0.1) is 0 Å². The number of rotatable bonds is 7. The first-order chi connectivity index (χ1) is 9.79. The molecule has 6 heteroatoms. The van der Waals surface area contributed by atoms with Crippen LogP contribution in [-0.4, -0.2) is 23.5 Å². The van der Waals surface area contributed by atoms with Crippen LogP contribution in [0.1, 0.15) is 25.8 Å². The number of amides is 1. The van der Waals surface area contributed by atoms with E-state index in [1.807, 2.05) is 13.8 Å². The summed E-state index contributed by atoms with van der Waals surface area (Å²) in [7, 11) is 0. The van der Waals surface area contributed by atoms with E-state index in [-0.39, 0.29) is 24.4 Å². The second-order valence-electron chi connectivity index (χ2n) is 5.38. The van der Waals surface area contributed by atoms with Gasteiger partial charge in [-0.1, -0.05) is 13.8 Å². The van der Waals surface area contributed by atoms with Crippen LogP contribution in [-0.2, 0) is 16.0 Å². The van der Waals surface area contributed by atoms with E-state index < -0.39 is 29.4 Å². The van der Waals surface area contributed by atoms with E-state index >= 15 is 0 Å². The summed E-state index contributed by atoms with van der Waals surface area (Å²) in [5.41, 5.74) is -0.0526. The van der Waals surface area contributed by atoms with Crippen LogP contribution in [0.15, 0.2) is 18.2 Å². The summed E-state index contributed by atoms with van der Waals surface area (Å²) in [6.45, 7) is 3.75. The molecule has 0 saturated heterocycles. The van der Waals surface area contributed by atoms with Gasteiger partial charge in [0.05, 0.1) is 12.3 Å². The number of benzene rings is 1. The van der Waals surface area contributed by atoms with E-state index in [1.54, 1.807) is 0 Å². The minimum atomic E-state index is -0.985. The Balaban J connectivity index is 2.57. The number of carbonyl (C=O) groups is 2. The third-order valence-electron chi connectivity index (χ3n) is 3.01. The fourth-order valence-corrected chi connectivity index (χ4v) is 1.99. The summed E-state index contributed by atoms with van der Waals surface area (Å²) in [4.78, 5) is 22.7. The van der Waals surface area contributed by atoms with Crippen LogP contribution in [0.25, 0.3) is 0 Å². The van der Waals surface area contributed by atoms with Gasteiger partial charge >= 0.3 is 5.97 Å².